The standard InChI is InChI=1S/C27H44O/c1-18(2)7-6-8-19(3)23-11-12-24-22-10-9-20-17-21(28)13-15-26(20,4)25(22)14-16-27(23,24)5/h9,18-19,21,23,25,28H,6-8,10-17H2,1-5H3. The molecule has 2 saturated carbocycles. The number of aliphatic hydroxyl groups is 1. The Morgan fingerprint density at radius 3 is 2.54 bits per heavy atom. The Bertz CT molecular complexity index is 655. The van der Waals surface area contributed by atoms with E-state index in [0.717, 1.165) is 36.5 Å². The van der Waals surface area contributed by atoms with Gasteiger partial charge < -0.3 is 5.11 Å². The Morgan fingerprint density at radius 1 is 1.04 bits per heavy atom. The van der Waals surface area contributed by atoms with Gasteiger partial charge in [-0.05, 0) is 85.9 Å². The molecule has 6 unspecified atom stereocenters. The quantitative estimate of drug-likeness (QED) is 0.488. The molecule has 0 aromatic heterocycles. The smallest absolute Gasteiger partial charge is 0.0577 e. The van der Waals surface area contributed by atoms with Crippen molar-refractivity contribution in [3.63, 3.8) is 0 Å². The maximum absolute atomic E-state index is 10.2. The van der Waals surface area contributed by atoms with E-state index in [1.165, 1.54) is 57.8 Å². The lowest BCUT2D eigenvalue weighted by molar-refractivity contribution is 0.0687. The lowest BCUT2D eigenvalue weighted by Crippen LogP contribution is -2.43. The van der Waals surface area contributed by atoms with Crippen LogP contribution in [0.4, 0.5) is 0 Å². The van der Waals surface area contributed by atoms with Gasteiger partial charge in [0.2, 0.25) is 0 Å². The van der Waals surface area contributed by atoms with Gasteiger partial charge in [0.15, 0.2) is 0 Å². The summed E-state index contributed by atoms with van der Waals surface area (Å²) < 4.78 is 0. The summed E-state index contributed by atoms with van der Waals surface area (Å²) in [5, 5.41) is 10.2. The number of hydrogen-bond donors (Lipinski definition) is 1. The molecule has 0 aromatic rings. The fraction of sp³-hybridized carbons (Fsp3) is 0.852. The summed E-state index contributed by atoms with van der Waals surface area (Å²) in [4.78, 5) is 0. The van der Waals surface area contributed by atoms with Crippen LogP contribution in [-0.4, -0.2) is 11.2 Å². The van der Waals surface area contributed by atoms with E-state index in [9.17, 15) is 5.11 Å². The molecule has 28 heavy (non-hydrogen) atoms. The van der Waals surface area contributed by atoms with Gasteiger partial charge in [-0.3, -0.25) is 0 Å². The van der Waals surface area contributed by atoms with Crippen molar-refractivity contribution in [1.29, 1.82) is 0 Å². The first kappa shape index (κ1) is 20.7. The van der Waals surface area contributed by atoms with Crippen molar-refractivity contribution in [2.45, 2.75) is 111 Å². The first-order valence-electron chi connectivity index (χ1n) is 12.4. The van der Waals surface area contributed by atoms with Gasteiger partial charge in [0.25, 0.3) is 0 Å². The molecule has 0 aromatic carbocycles. The highest BCUT2D eigenvalue weighted by molar-refractivity contribution is 5.40. The highest BCUT2D eigenvalue weighted by Crippen LogP contribution is 2.64. The van der Waals surface area contributed by atoms with Gasteiger partial charge in [-0.15, -0.1) is 0 Å². The molecule has 0 bridgehead atoms. The van der Waals surface area contributed by atoms with Crippen LogP contribution in [0.25, 0.3) is 0 Å². The highest BCUT2D eigenvalue weighted by Gasteiger charge is 2.53. The van der Waals surface area contributed by atoms with E-state index >= 15 is 0 Å². The molecule has 158 valence electrons. The molecule has 4 aliphatic carbocycles. The molecule has 4 aliphatic rings. The van der Waals surface area contributed by atoms with Crippen LogP contribution in [0, 0.1) is 34.5 Å². The van der Waals surface area contributed by atoms with E-state index in [1.54, 1.807) is 5.57 Å². The monoisotopic (exact) mass is 384 g/mol. The number of aliphatic hydroxyl groups excluding tert-OH is 1. The largest absolute Gasteiger partial charge is 0.393 e. The summed E-state index contributed by atoms with van der Waals surface area (Å²) in [6, 6.07) is 0. The molecular formula is C27H44O. The first-order chi connectivity index (χ1) is 13.3. The summed E-state index contributed by atoms with van der Waals surface area (Å²) in [6.07, 6.45) is 16.5. The first-order valence-corrected chi connectivity index (χ1v) is 12.4. The van der Waals surface area contributed by atoms with E-state index in [-0.39, 0.29) is 6.10 Å². The van der Waals surface area contributed by atoms with Gasteiger partial charge in [-0.2, -0.15) is 0 Å². The Kier molecular flexibility index (Phi) is 5.62. The van der Waals surface area contributed by atoms with E-state index in [2.05, 4.69) is 40.7 Å². The minimum absolute atomic E-state index is 0.0927. The van der Waals surface area contributed by atoms with Gasteiger partial charge in [-0.25, -0.2) is 0 Å². The average Bonchev–Trinajstić information content (AvgIpc) is 2.99. The summed E-state index contributed by atoms with van der Waals surface area (Å²) in [6.45, 7) is 12.4. The molecule has 4 rings (SSSR count). The van der Waals surface area contributed by atoms with Crippen molar-refractivity contribution in [2.24, 2.45) is 34.5 Å². The summed E-state index contributed by atoms with van der Waals surface area (Å²) in [5.41, 5.74) is 6.11. The Balaban J connectivity index is 1.57. The van der Waals surface area contributed by atoms with Crippen molar-refractivity contribution in [3.05, 3.63) is 22.8 Å². The number of fused-ring (bicyclic) bond motifs is 4. The Labute approximate surface area is 174 Å². The second-order valence-electron chi connectivity index (χ2n) is 11.7. The molecule has 1 nitrogen and oxygen atoms in total. The lowest BCUT2D eigenvalue weighted by Gasteiger charge is -2.53. The highest BCUT2D eigenvalue weighted by atomic mass is 16.3. The van der Waals surface area contributed by atoms with Gasteiger partial charge in [-0.1, -0.05) is 76.7 Å². The molecule has 6 atom stereocenters. The predicted molar refractivity (Wildman–Crippen MR) is 119 cm³/mol. The van der Waals surface area contributed by atoms with Crippen LogP contribution >= 0.6 is 0 Å². The van der Waals surface area contributed by atoms with E-state index in [0.29, 0.717) is 10.8 Å². The van der Waals surface area contributed by atoms with Crippen LogP contribution in [0.5, 0.6) is 0 Å². The zero-order chi connectivity index (χ0) is 20.1. The van der Waals surface area contributed by atoms with Crippen molar-refractivity contribution in [3.8, 4) is 0 Å². The Morgan fingerprint density at radius 2 is 1.79 bits per heavy atom. The average molecular weight is 385 g/mol. The maximum atomic E-state index is 10.2. The summed E-state index contributed by atoms with van der Waals surface area (Å²) in [5.74, 6) is 3.37. The molecule has 1 N–H and O–H groups in total. The van der Waals surface area contributed by atoms with E-state index in [1.807, 2.05) is 11.1 Å². The van der Waals surface area contributed by atoms with Crippen molar-refractivity contribution in [1.82, 2.24) is 0 Å². The SMILES string of the molecule is CC(C)CCCC(C)C1CCC2=C3CC=C4CC(O)CCC4(C)C3CCC21C. The molecule has 2 fully saturated rings. The van der Waals surface area contributed by atoms with E-state index in [4.69, 9.17) is 0 Å². The summed E-state index contributed by atoms with van der Waals surface area (Å²) >= 11 is 0. The second-order valence-corrected chi connectivity index (χ2v) is 11.7. The van der Waals surface area contributed by atoms with Crippen LogP contribution in [0.15, 0.2) is 22.8 Å². The normalized spacial score (nSPS) is 41.4. The third-order valence-corrected chi connectivity index (χ3v) is 9.63. The predicted octanol–water partition coefficient (Wildman–Crippen LogP) is 7.45. The van der Waals surface area contributed by atoms with Crippen LogP contribution in [0.1, 0.15) is 105 Å². The number of rotatable bonds is 5. The van der Waals surface area contributed by atoms with Crippen LogP contribution < -0.4 is 0 Å². The van der Waals surface area contributed by atoms with Crippen LogP contribution in [0.3, 0.4) is 0 Å². The maximum Gasteiger partial charge on any atom is 0.0577 e. The molecule has 0 radical (unpaired) electrons. The van der Waals surface area contributed by atoms with Crippen molar-refractivity contribution < 1.29 is 5.11 Å². The third kappa shape index (κ3) is 3.34. The number of hydrogen-bond acceptors (Lipinski definition) is 1. The van der Waals surface area contributed by atoms with Crippen LogP contribution in [-0.2, 0) is 0 Å². The van der Waals surface area contributed by atoms with Gasteiger partial charge in [0, 0.05) is 0 Å². The van der Waals surface area contributed by atoms with Crippen molar-refractivity contribution >= 4 is 0 Å². The zero-order valence-electron chi connectivity index (χ0n) is 19.2. The molecule has 0 heterocycles. The third-order valence-electron chi connectivity index (χ3n) is 9.63. The van der Waals surface area contributed by atoms with Gasteiger partial charge >= 0.3 is 0 Å². The van der Waals surface area contributed by atoms with Crippen LogP contribution in [0.2, 0.25) is 0 Å². The fourth-order valence-electron chi connectivity index (χ4n) is 7.91. The fourth-order valence-corrected chi connectivity index (χ4v) is 7.91. The molecule has 0 aliphatic heterocycles. The Hall–Kier alpha value is -0.560. The topological polar surface area (TPSA) is 20.2 Å². The lowest BCUT2D eigenvalue weighted by atomic mass is 9.52. The molecule has 0 saturated heterocycles. The molecule has 0 amide bonds. The summed E-state index contributed by atoms with van der Waals surface area (Å²) in [7, 11) is 0. The molecular weight excluding hydrogens is 340 g/mol. The van der Waals surface area contributed by atoms with Gasteiger partial charge in [0.05, 0.1) is 6.10 Å². The second kappa shape index (κ2) is 7.60. The molecule has 1 heteroatoms. The van der Waals surface area contributed by atoms with E-state index < -0.39 is 0 Å². The number of allylic oxidation sites excluding steroid dienone is 3. The van der Waals surface area contributed by atoms with Crippen molar-refractivity contribution in [2.75, 3.05) is 0 Å². The van der Waals surface area contributed by atoms with Gasteiger partial charge in [0.1, 0.15) is 0 Å². The zero-order valence-corrected chi connectivity index (χ0v) is 19.2. The minimum atomic E-state index is -0.0927. The molecule has 0 spiro atoms. The minimum Gasteiger partial charge on any atom is -0.393 e.